The van der Waals surface area contributed by atoms with Crippen molar-refractivity contribution < 1.29 is 30.6 Å². The summed E-state index contributed by atoms with van der Waals surface area (Å²) >= 11 is 0. The van der Waals surface area contributed by atoms with Gasteiger partial charge >= 0.3 is 0 Å². The van der Waals surface area contributed by atoms with Crippen molar-refractivity contribution in [1.29, 1.82) is 0 Å². The minimum atomic E-state index is -2.30. The Morgan fingerprint density at radius 3 is 1.62 bits per heavy atom. The van der Waals surface area contributed by atoms with Gasteiger partial charge < -0.3 is 30.6 Å². The Kier molecular flexibility index (Phi) is 8.25. The maximum absolute atomic E-state index is 12.5. The van der Waals surface area contributed by atoms with Crippen LogP contribution < -0.4 is 0 Å². The van der Waals surface area contributed by atoms with Gasteiger partial charge in [0.1, 0.15) is 5.60 Å². The largest absolute Gasteiger partial charge is 0.392 e. The third kappa shape index (κ3) is 5.36. The van der Waals surface area contributed by atoms with Crippen LogP contribution in [0.2, 0.25) is 0 Å². The first-order valence-corrected chi connectivity index (χ1v) is 12.5. The van der Waals surface area contributed by atoms with E-state index in [9.17, 15) is 30.6 Å². The highest BCUT2D eigenvalue weighted by atomic mass is 16.4. The van der Waals surface area contributed by atoms with Crippen molar-refractivity contribution in [2.24, 2.45) is 34.0 Å². The molecule has 190 valence electrons. The Hall–Kier alpha value is -0.240. The molecule has 6 nitrogen and oxygen atoms in total. The zero-order valence-electron chi connectivity index (χ0n) is 21.5. The van der Waals surface area contributed by atoms with Crippen molar-refractivity contribution >= 4 is 0 Å². The summed E-state index contributed by atoms with van der Waals surface area (Å²) in [5.74, 6) is -0.457. The topological polar surface area (TPSA) is 121 Å². The summed E-state index contributed by atoms with van der Waals surface area (Å²) in [4.78, 5) is 0. The van der Waals surface area contributed by atoms with E-state index in [0.29, 0.717) is 19.3 Å². The van der Waals surface area contributed by atoms with Crippen LogP contribution in [0.25, 0.3) is 0 Å². The maximum Gasteiger partial charge on any atom is 0.130 e. The number of rotatable bonds is 11. The van der Waals surface area contributed by atoms with E-state index in [0.717, 1.165) is 12.8 Å². The summed E-state index contributed by atoms with van der Waals surface area (Å²) < 4.78 is 0. The molecule has 2 aliphatic rings. The van der Waals surface area contributed by atoms with Crippen LogP contribution in [0.15, 0.2) is 0 Å². The molecule has 2 rings (SSSR count). The Morgan fingerprint density at radius 1 is 0.781 bits per heavy atom. The molecule has 0 aliphatic heterocycles. The van der Waals surface area contributed by atoms with Gasteiger partial charge in [-0.15, -0.1) is 0 Å². The van der Waals surface area contributed by atoms with Gasteiger partial charge in [0.15, 0.2) is 0 Å². The van der Waals surface area contributed by atoms with Gasteiger partial charge in [-0.2, -0.15) is 0 Å². The van der Waals surface area contributed by atoms with Gasteiger partial charge in [-0.25, -0.2) is 0 Å². The van der Waals surface area contributed by atoms with Crippen molar-refractivity contribution in [3.63, 3.8) is 0 Å². The quantitative estimate of drug-likeness (QED) is 0.283. The molecule has 7 atom stereocenters. The third-order valence-electron chi connectivity index (χ3n) is 7.73. The smallest absolute Gasteiger partial charge is 0.130 e. The summed E-state index contributed by atoms with van der Waals surface area (Å²) in [6.45, 7) is 14.7. The molecule has 32 heavy (non-hydrogen) atoms. The van der Waals surface area contributed by atoms with Crippen LogP contribution >= 0.6 is 0 Å². The van der Waals surface area contributed by atoms with Crippen LogP contribution in [0.1, 0.15) is 93.9 Å². The Labute approximate surface area is 195 Å². The summed E-state index contributed by atoms with van der Waals surface area (Å²) in [7, 11) is 0. The second-order valence-electron chi connectivity index (χ2n) is 13.5. The summed E-state index contributed by atoms with van der Waals surface area (Å²) in [6.07, 6.45) is -3.06. The fourth-order valence-electron chi connectivity index (χ4n) is 5.64. The minimum Gasteiger partial charge on any atom is -0.392 e. The van der Waals surface area contributed by atoms with E-state index in [1.54, 1.807) is 34.6 Å². The van der Waals surface area contributed by atoms with E-state index >= 15 is 0 Å². The third-order valence-corrected chi connectivity index (χ3v) is 7.73. The molecule has 0 amide bonds. The SMILES string of the molecule is CC(C)C(O)C(O)(C(O)C1CC1)C(C(O)CC1CC1)(C(O)CC(C)(C)C)C(O)C(C)(C)C. The molecular formula is C26H50O6. The highest BCUT2D eigenvalue weighted by Crippen LogP contribution is 2.58. The zero-order chi connectivity index (χ0) is 24.9. The van der Waals surface area contributed by atoms with E-state index < -0.39 is 52.9 Å². The van der Waals surface area contributed by atoms with E-state index in [1.807, 2.05) is 20.8 Å². The molecule has 0 radical (unpaired) electrons. The summed E-state index contributed by atoms with van der Waals surface area (Å²) in [6, 6.07) is 0. The second-order valence-corrected chi connectivity index (χ2v) is 13.5. The van der Waals surface area contributed by atoms with Gasteiger partial charge in [-0.05, 0) is 54.3 Å². The number of aliphatic hydroxyl groups is 6. The first kappa shape index (κ1) is 28.0. The minimum absolute atomic E-state index is 0.187. The molecular weight excluding hydrogens is 408 g/mol. The lowest BCUT2D eigenvalue weighted by atomic mass is 9.50. The van der Waals surface area contributed by atoms with Crippen molar-refractivity contribution in [3.05, 3.63) is 0 Å². The zero-order valence-corrected chi connectivity index (χ0v) is 21.5. The highest BCUT2D eigenvalue weighted by Gasteiger charge is 2.71. The molecule has 7 unspecified atom stereocenters. The molecule has 2 aliphatic carbocycles. The van der Waals surface area contributed by atoms with Crippen LogP contribution in [0, 0.1) is 34.0 Å². The summed E-state index contributed by atoms with van der Waals surface area (Å²) in [5, 5.41) is 70.9. The van der Waals surface area contributed by atoms with Crippen molar-refractivity contribution in [3.8, 4) is 0 Å². The molecule has 0 aromatic rings. The lowest BCUT2D eigenvalue weighted by Gasteiger charge is -2.61. The predicted molar refractivity (Wildman–Crippen MR) is 126 cm³/mol. The van der Waals surface area contributed by atoms with Crippen LogP contribution in [0.5, 0.6) is 0 Å². The molecule has 0 spiro atoms. The van der Waals surface area contributed by atoms with Crippen LogP contribution in [0.4, 0.5) is 0 Å². The monoisotopic (exact) mass is 458 g/mol. The summed E-state index contributed by atoms with van der Waals surface area (Å²) in [5.41, 5.74) is -5.45. The molecule has 2 saturated carbocycles. The van der Waals surface area contributed by atoms with Crippen LogP contribution in [-0.4, -0.2) is 66.8 Å². The molecule has 0 saturated heterocycles. The van der Waals surface area contributed by atoms with Crippen LogP contribution in [-0.2, 0) is 0 Å². The molecule has 0 aromatic heterocycles. The van der Waals surface area contributed by atoms with E-state index in [-0.39, 0.29) is 23.7 Å². The second kappa shape index (κ2) is 9.43. The normalized spacial score (nSPS) is 26.7. The van der Waals surface area contributed by atoms with E-state index in [4.69, 9.17) is 0 Å². The van der Waals surface area contributed by atoms with Gasteiger partial charge in [0.05, 0.1) is 35.9 Å². The fraction of sp³-hybridized carbons (Fsp3) is 1.00. The first-order valence-electron chi connectivity index (χ1n) is 12.5. The highest BCUT2D eigenvalue weighted by molar-refractivity contribution is 5.20. The number of aliphatic hydroxyl groups excluding tert-OH is 5. The molecule has 0 aromatic carbocycles. The van der Waals surface area contributed by atoms with Crippen molar-refractivity contribution in [2.75, 3.05) is 0 Å². The van der Waals surface area contributed by atoms with Crippen molar-refractivity contribution in [1.82, 2.24) is 0 Å². The average molecular weight is 459 g/mol. The fourth-order valence-corrected chi connectivity index (χ4v) is 5.64. The van der Waals surface area contributed by atoms with Crippen molar-refractivity contribution in [2.45, 2.75) is 130 Å². The Morgan fingerprint density at radius 2 is 1.28 bits per heavy atom. The van der Waals surface area contributed by atoms with Crippen LogP contribution in [0.3, 0.4) is 0 Å². The predicted octanol–water partition coefficient (Wildman–Crippen LogP) is 2.86. The van der Waals surface area contributed by atoms with Gasteiger partial charge in [0, 0.05) is 0 Å². The average Bonchev–Trinajstić information content (AvgIpc) is 3.51. The molecule has 0 heterocycles. The van der Waals surface area contributed by atoms with E-state index in [2.05, 4.69) is 0 Å². The number of hydrogen-bond donors (Lipinski definition) is 6. The molecule has 0 bridgehead atoms. The standard InChI is InChI=1S/C26H50O6/c1-15(2)20(29)26(32,21(30)17-11-12-17)25(22(31)24(6,7)8,18(27)13-16-9-10-16)19(28)14-23(3,4)5/h15-22,27-32H,9-14H2,1-8H3. The Bertz CT molecular complexity index is 605. The lowest BCUT2D eigenvalue weighted by molar-refractivity contribution is -0.322. The van der Waals surface area contributed by atoms with Gasteiger partial charge in [0.2, 0.25) is 0 Å². The van der Waals surface area contributed by atoms with E-state index in [1.165, 1.54) is 0 Å². The molecule has 2 fully saturated rings. The molecule has 6 heteroatoms. The first-order chi connectivity index (χ1) is 14.4. The number of hydrogen-bond acceptors (Lipinski definition) is 6. The maximum atomic E-state index is 12.5. The van der Waals surface area contributed by atoms with Gasteiger partial charge in [-0.3, -0.25) is 0 Å². The van der Waals surface area contributed by atoms with Gasteiger partial charge in [-0.1, -0.05) is 68.2 Å². The Balaban J connectivity index is 2.83. The molecule has 6 N–H and O–H groups in total. The lowest BCUT2D eigenvalue weighted by Crippen LogP contribution is -2.77. The van der Waals surface area contributed by atoms with Gasteiger partial charge in [0.25, 0.3) is 0 Å².